The van der Waals surface area contributed by atoms with Crippen LogP contribution in [0.1, 0.15) is 24.3 Å². The van der Waals surface area contributed by atoms with Crippen LogP contribution in [0.2, 0.25) is 5.15 Å². The Bertz CT molecular complexity index is 1010. The minimum atomic E-state index is -0.522. The highest BCUT2D eigenvalue weighted by molar-refractivity contribution is 6.29. The number of nitrogens with zero attached hydrogens (tertiary/aromatic N) is 5. The normalized spacial score (nSPS) is 11.8. The summed E-state index contributed by atoms with van der Waals surface area (Å²) in [5.74, 6) is 0. The van der Waals surface area contributed by atoms with Crippen molar-refractivity contribution in [3.63, 3.8) is 0 Å². The molecule has 3 aromatic rings. The van der Waals surface area contributed by atoms with Crippen molar-refractivity contribution >= 4 is 34.7 Å². The number of aromatic nitrogens is 4. The fourth-order valence-corrected chi connectivity index (χ4v) is 2.55. The van der Waals surface area contributed by atoms with Crippen LogP contribution in [0.5, 0.6) is 0 Å². The topological polar surface area (TPSA) is 117 Å². The van der Waals surface area contributed by atoms with Gasteiger partial charge in [-0.2, -0.15) is 10.4 Å². The van der Waals surface area contributed by atoms with E-state index in [4.69, 9.17) is 21.6 Å². The molecule has 26 heavy (non-hydrogen) atoms. The molecule has 0 spiro atoms. The van der Waals surface area contributed by atoms with Gasteiger partial charge in [-0.1, -0.05) is 11.6 Å². The zero-order valence-electron chi connectivity index (χ0n) is 13.9. The predicted molar refractivity (Wildman–Crippen MR) is 95.0 cm³/mol. The SMILES string of the molecule is CO[C@@H](C)c1c(NC(=O)Nc2cncc(C#N)c2)cnc2cc(Cl)nn12. The fourth-order valence-electron chi connectivity index (χ4n) is 2.38. The van der Waals surface area contributed by atoms with E-state index in [2.05, 4.69) is 25.7 Å². The lowest BCUT2D eigenvalue weighted by molar-refractivity contribution is 0.114. The van der Waals surface area contributed by atoms with Crippen molar-refractivity contribution in [1.29, 1.82) is 5.26 Å². The highest BCUT2D eigenvalue weighted by atomic mass is 35.5. The Morgan fingerprint density at radius 2 is 2.15 bits per heavy atom. The van der Waals surface area contributed by atoms with E-state index in [0.717, 1.165) is 0 Å². The van der Waals surface area contributed by atoms with E-state index in [1.54, 1.807) is 13.2 Å². The average molecular weight is 372 g/mol. The molecule has 0 aliphatic rings. The van der Waals surface area contributed by atoms with Crippen molar-refractivity contribution in [3.05, 3.63) is 47.1 Å². The van der Waals surface area contributed by atoms with Crippen LogP contribution >= 0.6 is 11.6 Å². The molecule has 0 radical (unpaired) electrons. The van der Waals surface area contributed by atoms with E-state index in [1.165, 1.54) is 29.2 Å². The first-order valence-corrected chi connectivity index (χ1v) is 7.89. The molecule has 2 N–H and O–H groups in total. The molecule has 9 nitrogen and oxygen atoms in total. The van der Waals surface area contributed by atoms with E-state index < -0.39 is 6.03 Å². The summed E-state index contributed by atoms with van der Waals surface area (Å²) in [5, 5.41) is 18.7. The van der Waals surface area contributed by atoms with E-state index in [-0.39, 0.29) is 11.3 Å². The summed E-state index contributed by atoms with van der Waals surface area (Å²) in [6, 6.07) is 4.56. The molecule has 3 heterocycles. The van der Waals surface area contributed by atoms with Crippen molar-refractivity contribution in [2.24, 2.45) is 0 Å². The summed E-state index contributed by atoms with van der Waals surface area (Å²) in [5.41, 5.74) is 2.26. The summed E-state index contributed by atoms with van der Waals surface area (Å²) in [6.07, 6.45) is 3.96. The Morgan fingerprint density at radius 1 is 1.35 bits per heavy atom. The van der Waals surface area contributed by atoms with E-state index >= 15 is 0 Å². The number of fused-ring (bicyclic) bond motifs is 1. The molecule has 0 saturated carbocycles. The molecule has 0 saturated heterocycles. The molecule has 10 heteroatoms. The Morgan fingerprint density at radius 3 is 2.88 bits per heavy atom. The van der Waals surface area contributed by atoms with Gasteiger partial charge in [-0.05, 0) is 13.0 Å². The largest absolute Gasteiger partial charge is 0.375 e. The van der Waals surface area contributed by atoms with Crippen molar-refractivity contribution in [2.45, 2.75) is 13.0 Å². The number of pyridine rings is 1. The molecular weight excluding hydrogens is 358 g/mol. The maximum absolute atomic E-state index is 12.3. The van der Waals surface area contributed by atoms with Gasteiger partial charge in [0.25, 0.3) is 0 Å². The number of hydrogen-bond donors (Lipinski definition) is 2. The third kappa shape index (κ3) is 3.56. The Hall–Kier alpha value is -3.22. The maximum Gasteiger partial charge on any atom is 0.323 e. The Balaban J connectivity index is 1.90. The monoisotopic (exact) mass is 371 g/mol. The number of carbonyl (C=O) groups is 1. The number of anilines is 2. The molecule has 0 unspecified atom stereocenters. The van der Waals surface area contributed by atoms with Crippen molar-refractivity contribution in [2.75, 3.05) is 17.7 Å². The first-order valence-electron chi connectivity index (χ1n) is 7.52. The quantitative estimate of drug-likeness (QED) is 0.727. The number of nitrogens with one attached hydrogen (secondary N) is 2. The van der Waals surface area contributed by atoms with Gasteiger partial charge in [0.15, 0.2) is 10.8 Å². The number of ether oxygens (including phenoxy) is 1. The number of halogens is 1. The van der Waals surface area contributed by atoms with Gasteiger partial charge in [-0.3, -0.25) is 4.98 Å². The number of methoxy groups -OCH3 is 1. The standard InChI is InChI=1S/C16H14ClN7O2/c1-9(26-2)15-12(8-20-14-4-13(17)23-24(14)15)22-16(25)21-11-3-10(5-18)6-19-7-11/h3-4,6-9H,1-2H3,(H2,21,22,25)/t9-/m0/s1. The summed E-state index contributed by atoms with van der Waals surface area (Å²) >= 11 is 5.95. The first-order chi connectivity index (χ1) is 12.5. The van der Waals surface area contributed by atoms with Gasteiger partial charge in [-0.25, -0.2) is 14.3 Å². The number of rotatable bonds is 4. The molecule has 0 aromatic carbocycles. The molecule has 0 fully saturated rings. The summed E-state index contributed by atoms with van der Waals surface area (Å²) in [6.45, 7) is 1.81. The lowest BCUT2D eigenvalue weighted by Gasteiger charge is -2.17. The third-order valence-electron chi connectivity index (χ3n) is 3.60. The highest BCUT2D eigenvalue weighted by Gasteiger charge is 2.19. The van der Waals surface area contributed by atoms with Gasteiger partial charge >= 0.3 is 6.03 Å². The highest BCUT2D eigenvalue weighted by Crippen LogP contribution is 2.26. The molecular formula is C16H14ClN7O2. The Kier molecular flexibility index (Phi) is 4.97. The predicted octanol–water partition coefficient (Wildman–Crippen LogP) is 3.00. The summed E-state index contributed by atoms with van der Waals surface area (Å²) in [7, 11) is 1.55. The molecule has 1 atom stereocenters. The van der Waals surface area contributed by atoms with Gasteiger partial charge in [0.05, 0.1) is 41.1 Å². The second-order valence-corrected chi connectivity index (χ2v) is 5.71. The van der Waals surface area contributed by atoms with Gasteiger partial charge in [0.2, 0.25) is 0 Å². The van der Waals surface area contributed by atoms with Crippen LogP contribution < -0.4 is 10.6 Å². The molecule has 3 aromatic heterocycles. The van der Waals surface area contributed by atoms with Crippen molar-refractivity contribution < 1.29 is 9.53 Å². The molecule has 0 aliphatic carbocycles. The van der Waals surface area contributed by atoms with Crippen LogP contribution in [0, 0.1) is 11.3 Å². The number of urea groups is 1. The number of amides is 2. The Labute approximate surface area is 153 Å². The minimum Gasteiger partial charge on any atom is -0.375 e. The van der Waals surface area contributed by atoms with E-state index in [1.807, 2.05) is 13.0 Å². The van der Waals surface area contributed by atoms with Crippen molar-refractivity contribution in [1.82, 2.24) is 19.6 Å². The average Bonchev–Trinajstić information content (AvgIpc) is 3.01. The van der Waals surface area contributed by atoms with Gasteiger partial charge in [0.1, 0.15) is 6.07 Å². The van der Waals surface area contributed by atoms with Gasteiger partial charge < -0.3 is 15.4 Å². The van der Waals surface area contributed by atoms with Crippen molar-refractivity contribution in [3.8, 4) is 6.07 Å². The zero-order chi connectivity index (χ0) is 18.7. The number of carbonyl (C=O) groups excluding carboxylic acids is 1. The summed E-state index contributed by atoms with van der Waals surface area (Å²) in [4.78, 5) is 20.5. The minimum absolute atomic E-state index is 0.281. The van der Waals surface area contributed by atoms with Crippen LogP contribution in [0.3, 0.4) is 0 Å². The maximum atomic E-state index is 12.3. The number of hydrogen-bond acceptors (Lipinski definition) is 6. The van der Waals surface area contributed by atoms with Crippen LogP contribution in [0.15, 0.2) is 30.7 Å². The smallest absolute Gasteiger partial charge is 0.323 e. The molecule has 3 rings (SSSR count). The van der Waals surface area contributed by atoms with E-state index in [0.29, 0.717) is 28.3 Å². The second kappa shape index (κ2) is 7.35. The number of nitriles is 1. The third-order valence-corrected chi connectivity index (χ3v) is 3.79. The van der Waals surface area contributed by atoms with Crippen LogP contribution in [0.25, 0.3) is 5.65 Å². The van der Waals surface area contributed by atoms with Crippen LogP contribution in [-0.4, -0.2) is 32.7 Å². The fraction of sp³-hybridized carbons (Fsp3) is 0.188. The zero-order valence-corrected chi connectivity index (χ0v) is 14.7. The van der Waals surface area contributed by atoms with Gasteiger partial charge in [0, 0.05) is 19.4 Å². The van der Waals surface area contributed by atoms with Crippen LogP contribution in [-0.2, 0) is 4.74 Å². The molecule has 132 valence electrons. The first kappa shape index (κ1) is 17.6. The van der Waals surface area contributed by atoms with Gasteiger partial charge in [-0.15, -0.1) is 0 Å². The molecule has 0 bridgehead atoms. The van der Waals surface area contributed by atoms with Crippen LogP contribution in [0.4, 0.5) is 16.2 Å². The van der Waals surface area contributed by atoms with E-state index in [9.17, 15) is 4.79 Å². The lowest BCUT2D eigenvalue weighted by Crippen LogP contribution is -2.22. The summed E-state index contributed by atoms with van der Waals surface area (Å²) < 4.78 is 6.89. The molecule has 2 amide bonds. The molecule has 0 aliphatic heterocycles. The lowest BCUT2D eigenvalue weighted by atomic mass is 10.2. The second-order valence-electron chi connectivity index (χ2n) is 5.33.